The van der Waals surface area contributed by atoms with Gasteiger partial charge in [0.2, 0.25) is 0 Å². The van der Waals surface area contributed by atoms with Crippen LogP contribution in [0, 0.1) is 17.5 Å². The predicted molar refractivity (Wildman–Crippen MR) is 128 cm³/mol. The van der Waals surface area contributed by atoms with E-state index in [-0.39, 0.29) is 44.9 Å². The number of hydrogen-bond acceptors (Lipinski definition) is 5. The molecule has 0 saturated heterocycles. The van der Waals surface area contributed by atoms with Crippen LogP contribution in [0.1, 0.15) is 13.8 Å². The molecule has 0 bridgehead atoms. The first-order valence-electron chi connectivity index (χ1n) is 10.5. The molecule has 3 aromatic carbocycles. The second-order valence-corrected chi connectivity index (χ2v) is 7.73. The van der Waals surface area contributed by atoms with Gasteiger partial charge in [-0.2, -0.15) is 0 Å². The molecule has 36 heavy (non-hydrogen) atoms. The van der Waals surface area contributed by atoms with E-state index >= 15 is 0 Å². The van der Waals surface area contributed by atoms with Gasteiger partial charge in [-0.1, -0.05) is 31.4 Å². The Morgan fingerprint density at radius 3 is 1.83 bits per heavy atom. The Morgan fingerprint density at radius 1 is 0.722 bits per heavy atom. The molecule has 8 heteroatoms. The van der Waals surface area contributed by atoms with Gasteiger partial charge in [0.1, 0.15) is 29.9 Å². The van der Waals surface area contributed by atoms with Crippen LogP contribution in [0.2, 0.25) is 0 Å². The van der Waals surface area contributed by atoms with Crippen LogP contribution in [0.25, 0.3) is 22.3 Å². The second kappa shape index (κ2) is 11.2. The van der Waals surface area contributed by atoms with Crippen molar-refractivity contribution in [3.8, 4) is 33.8 Å². The van der Waals surface area contributed by atoms with Crippen LogP contribution in [0.15, 0.2) is 91.4 Å². The molecule has 0 aliphatic rings. The summed E-state index contributed by atoms with van der Waals surface area (Å²) in [6.45, 7) is 9.77. The SMILES string of the molecule is C=C(C)C(=O)OC=COc1ccc(-c2ccc(-c3ccc(OC(=O)C(=C)C)c(F)c3)c(F)c2)c(F)c1. The zero-order valence-corrected chi connectivity index (χ0v) is 19.4. The number of hydrogen-bond donors (Lipinski definition) is 0. The minimum absolute atomic E-state index is 0.0743. The molecule has 3 aromatic rings. The van der Waals surface area contributed by atoms with Crippen LogP contribution in [0.5, 0.6) is 11.5 Å². The van der Waals surface area contributed by atoms with E-state index < -0.39 is 29.4 Å². The van der Waals surface area contributed by atoms with E-state index in [9.17, 15) is 22.8 Å². The molecule has 0 radical (unpaired) electrons. The molecule has 0 spiro atoms. The number of halogens is 3. The summed E-state index contributed by atoms with van der Waals surface area (Å²) < 4.78 is 58.7. The number of rotatable bonds is 8. The lowest BCUT2D eigenvalue weighted by Crippen LogP contribution is -2.09. The molecule has 0 saturated carbocycles. The summed E-state index contributed by atoms with van der Waals surface area (Å²) in [5, 5.41) is 0. The van der Waals surface area contributed by atoms with Crippen LogP contribution >= 0.6 is 0 Å². The van der Waals surface area contributed by atoms with E-state index in [1.807, 2.05) is 0 Å². The lowest BCUT2D eigenvalue weighted by atomic mass is 9.99. The van der Waals surface area contributed by atoms with Crippen LogP contribution < -0.4 is 9.47 Å². The average molecular weight is 494 g/mol. The highest BCUT2D eigenvalue weighted by Gasteiger charge is 2.15. The Balaban J connectivity index is 1.76. The predicted octanol–water partition coefficient (Wildman–Crippen LogP) is 6.89. The standard InChI is InChI=1S/C28H21F3O5/c1-16(2)27(32)35-12-11-34-20-7-9-22(24(30)15-20)18-5-8-21(23(29)13-18)19-6-10-26(25(31)14-19)36-28(33)17(3)4/h5-15H,1,3H2,2,4H3. The minimum atomic E-state index is -0.851. The van der Waals surface area contributed by atoms with Crippen molar-refractivity contribution in [1.82, 2.24) is 0 Å². The van der Waals surface area contributed by atoms with E-state index in [2.05, 4.69) is 13.2 Å². The summed E-state index contributed by atoms with van der Waals surface area (Å²) in [5.74, 6) is -3.83. The van der Waals surface area contributed by atoms with Crippen molar-refractivity contribution in [2.45, 2.75) is 13.8 Å². The zero-order chi connectivity index (χ0) is 26.4. The van der Waals surface area contributed by atoms with E-state index in [1.165, 1.54) is 50.2 Å². The lowest BCUT2D eigenvalue weighted by molar-refractivity contribution is -0.133. The van der Waals surface area contributed by atoms with Crippen molar-refractivity contribution in [2.75, 3.05) is 0 Å². The van der Waals surface area contributed by atoms with Crippen LogP contribution in [0.4, 0.5) is 13.2 Å². The van der Waals surface area contributed by atoms with Crippen molar-refractivity contribution in [3.05, 3.63) is 109 Å². The third-order valence-electron chi connectivity index (χ3n) is 4.80. The first-order valence-corrected chi connectivity index (χ1v) is 10.5. The maximum absolute atomic E-state index is 14.9. The van der Waals surface area contributed by atoms with Gasteiger partial charge >= 0.3 is 11.9 Å². The quantitative estimate of drug-likeness (QED) is 0.148. The van der Waals surface area contributed by atoms with E-state index in [1.54, 1.807) is 0 Å². The molecule has 0 N–H and O–H groups in total. The second-order valence-electron chi connectivity index (χ2n) is 7.73. The summed E-state index contributed by atoms with van der Waals surface area (Å²) in [7, 11) is 0. The molecule has 0 aliphatic carbocycles. The number of carbonyl (C=O) groups excluding carboxylic acids is 2. The highest BCUT2D eigenvalue weighted by molar-refractivity contribution is 5.89. The molecule has 5 nitrogen and oxygen atoms in total. The maximum atomic E-state index is 14.9. The van der Waals surface area contributed by atoms with Gasteiger partial charge in [0.05, 0.1) is 0 Å². The van der Waals surface area contributed by atoms with E-state index in [0.29, 0.717) is 0 Å². The molecule has 0 amide bonds. The monoisotopic (exact) mass is 494 g/mol. The molecular weight excluding hydrogens is 473 g/mol. The molecule has 0 atom stereocenters. The Hall–Kier alpha value is -4.59. The highest BCUT2D eigenvalue weighted by atomic mass is 19.1. The summed E-state index contributed by atoms with van der Waals surface area (Å²) in [4.78, 5) is 22.9. The fourth-order valence-electron chi connectivity index (χ4n) is 2.95. The largest absolute Gasteiger partial charge is 0.462 e. The summed E-state index contributed by atoms with van der Waals surface area (Å²) >= 11 is 0. The summed E-state index contributed by atoms with van der Waals surface area (Å²) in [5.41, 5.74) is 0.949. The van der Waals surface area contributed by atoms with Crippen molar-refractivity contribution in [2.24, 2.45) is 0 Å². The van der Waals surface area contributed by atoms with Crippen molar-refractivity contribution in [3.63, 3.8) is 0 Å². The molecule has 3 rings (SSSR count). The maximum Gasteiger partial charge on any atom is 0.338 e. The molecule has 0 aliphatic heterocycles. The molecule has 0 unspecified atom stereocenters. The molecule has 0 fully saturated rings. The fraction of sp³-hybridized carbons (Fsp3) is 0.0714. The number of esters is 2. The van der Waals surface area contributed by atoms with Gasteiger partial charge in [-0.05, 0) is 55.3 Å². The van der Waals surface area contributed by atoms with E-state index in [0.717, 1.165) is 30.7 Å². The van der Waals surface area contributed by atoms with Crippen LogP contribution in [-0.2, 0) is 14.3 Å². The normalized spacial score (nSPS) is 10.7. The average Bonchev–Trinajstić information content (AvgIpc) is 2.82. The van der Waals surface area contributed by atoms with Gasteiger partial charge in [0.15, 0.2) is 11.6 Å². The summed E-state index contributed by atoms with van der Waals surface area (Å²) in [6, 6.07) is 11.6. The number of ether oxygens (including phenoxy) is 3. The Labute approximate surface area is 205 Å². The third kappa shape index (κ3) is 6.29. The molecule has 184 valence electrons. The highest BCUT2D eigenvalue weighted by Crippen LogP contribution is 2.32. The first kappa shape index (κ1) is 26.0. The lowest BCUT2D eigenvalue weighted by Gasteiger charge is -2.10. The van der Waals surface area contributed by atoms with Crippen molar-refractivity contribution < 1.29 is 37.0 Å². The minimum Gasteiger partial charge on any atom is -0.462 e. The Kier molecular flexibility index (Phi) is 8.11. The number of benzene rings is 3. The van der Waals surface area contributed by atoms with Crippen LogP contribution in [-0.4, -0.2) is 11.9 Å². The fourth-order valence-corrected chi connectivity index (χ4v) is 2.95. The molecule has 0 heterocycles. The van der Waals surface area contributed by atoms with Crippen molar-refractivity contribution in [1.29, 1.82) is 0 Å². The van der Waals surface area contributed by atoms with Gasteiger partial charge < -0.3 is 14.2 Å². The Bertz CT molecular complexity index is 1390. The van der Waals surface area contributed by atoms with Gasteiger partial charge in [-0.15, -0.1) is 0 Å². The zero-order valence-electron chi connectivity index (χ0n) is 19.4. The van der Waals surface area contributed by atoms with Gasteiger partial charge in [0, 0.05) is 28.3 Å². The van der Waals surface area contributed by atoms with Gasteiger partial charge in [0.25, 0.3) is 0 Å². The van der Waals surface area contributed by atoms with Gasteiger partial charge in [-0.25, -0.2) is 22.8 Å². The molecule has 0 aromatic heterocycles. The Morgan fingerprint density at radius 2 is 1.28 bits per heavy atom. The summed E-state index contributed by atoms with van der Waals surface area (Å²) in [6.07, 6.45) is 2.06. The van der Waals surface area contributed by atoms with Crippen molar-refractivity contribution >= 4 is 11.9 Å². The topological polar surface area (TPSA) is 61.8 Å². The van der Waals surface area contributed by atoms with Gasteiger partial charge in [-0.3, -0.25) is 0 Å². The third-order valence-corrected chi connectivity index (χ3v) is 4.80. The van der Waals surface area contributed by atoms with E-state index in [4.69, 9.17) is 14.2 Å². The molecular formula is C28H21F3O5. The van der Waals surface area contributed by atoms with Crippen LogP contribution in [0.3, 0.4) is 0 Å². The number of carbonyl (C=O) groups is 2. The smallest absolute Gasteiger partial charge is 0.338 e. The first-order chi connectivity index (χ1) is 17.1.